The summed E-state index contributed by atoms with van der Waals surface area (Å²) in [5.41, 5.74) is 23.9. The van der Waals surface area contributed by atoms with Crippen molar-refractivity contribution in [3.63, 3.8) is 0 Å². The molecule has 0 spiro atoms. The highest BCUT2D eigenvalue weighted by molar-refractivity contribution is 5.97. The van der Waals surface area contributed by atoms with Gasteiger partial charge in [-0.3, -0.25) is 0 Å². The van der Waals surface area contributed by atoms with Gasteiger partial charge in [-0.05, 0) is 87.0 Å². The van der Waals surface area contributed by atoms with Gasteiger partial charge in [0.15, 0.2) is 40.8 Å². The van der Waals surface area contributed by atoms with E-state index in [4.69, 9.17) is 34.9 Å². The van der Waals surface area contributed by atoms with E-state index in [0.717, 1.165) is 123 Å². The van der Waals surface area contributed by atoms with E-state index in [9.17, 15) is 0 Å². The number of benzene rings is 13. The zero-order chi connectivity index (χ0) is 68.6. The van der Waals surface area contributed by atoms with Gasteiger partial charge in [-0.15, -0.1) is 0 Å². The molecule has 4 heterocycles. The normalized spacial score (nSPS) is 11.0. The summed E-state index contributed by atoms with van der Waals surface area (Å²) in [5, 5.41) is 2.28. The zero-order valence-electron chi connectivity index (χ0n) is 56.1. The van der Waals surface area contributed by atoms with Crippen LogP contribution in [0.3, 0.4) is 0 Å². The minimum atomic E-state index is 0.613. The van der Waals surface area contributed by atoms with Crippen LogP contribution in [0, 0.1) is 13.8 Å². The topological polar surface area (TPSA) is 116 Å². The smallest absolute Gasteiger partial charge is 0.164 e. The molecule has 482 valence electrons. The second-order valence-electron chi connectivity index (χ2n) is 25.0. The molecule has 13 aromatic carbocycles. The maximum Gasteiger partial charge on any atom is 0.164 e. The Morgan fingerprint density at radius 3 is 0.637 bits per heavy atom. The summed E-state index contributed by atoms with van der Waals surface area (Å²) < 4.78 is 0. The van der Waals surface area contributed by atoms with E-state index in [1.54, 1.807) is 0 Å². The lowest BCUT2D eigenvalue weighted by molar-refractivity contribution is 1.06. The standard InChI is InChI=1S/C48H32N4.C45H33N5/c1-4-12-33(13-5-1)35-20-26-39(27-21-35)46-50-47(40-28-22-36(23-29-40)34-14-6-2-7-15-34)52-48(51-46)41-30-24-37(25-31-41)44-32-42-18-10-11-19-43(42)45(49-44)38-16-8-3-9-17-38;1-30-29-31(2)47-42(46-30)38-21-17-36(18-22-38)37-19-27-41(28-20-37)45-49-43(39-23-13-34(14-24-39)32-9-5-3-6-10-32)48-44(50-45)40-25-15-35(16-26-40)33-11-7-4-8-12-33/h1-32H;3-29H,1-2H3. The molecular formula is C93H65N9. The predicted molar refractivity (Wildman–Crippen MR) is 416 cm³/mol. The number of pyridine rings is 1. The van der Waals surface area contributed by atoms with Crippen molar-refractivity contribution in [2.75, 3.05) is 0 Å². The fourth-order valence-corrected chi connectivity index (χ4v) is 12.7. The summed E-state index contributed by atoms with van der Waals surface area (Å²) in [6.07, 6.45) is 0. The molecule has 0 fully saturated rings. The highest BCUT2D eigenvalue weighted by Crippen LogP contribution is 2.36. The van der Waals surface area contributed by atoms with Crippen LogP contribution in [0.1, 0.15) is 11.4 Å². The Morgan fingerprint density at radius 1 is 0.157 bits per heavy atom. The van der Waals surface area contributed by atoms with Gasteiger partial charge in [-0.1, -0.05) is 346 Å². The molecule has 0 atom stereocenters. The fraction of sp³-hybridized carbons (Fsp3) is 0.0215. The van der Waals surface area contributed by atoms with Crippen molar-refractivity contribution in [3.05, 3.63) is 369 Å². The average Bonchev–Trinajstić information content (AvgIpc) is 0.784. The van der Waals surface area contributed by atoms with Gasteiger partial charge in [0, 0.05) is 66.8 Å². The minimum absolute atomic E-state index is 0.613. The molecule has 0 saturated carbocycles. The van der Waals surface area contributed by atoms with E-state index in [-0.39, 0.29) is 0 Å². The number of hydrogen-bond donors (Lipinski definition) is 0. The van der Waals surface area contributed by atoms with Gasteiger partial charge in [-0.2, -0.15) is 0 Å². The van der Waals surface area contributed by atoms with Crippen LogP contribution < -0.4 is 0 Å². The van der Waals surface area contributed by atoms with Crippen LogP contribution in [0.2, 0.25) is 0 Å². The van der Waals surface area contributed by atoms with E-state index in [1.165, 1.54) is 22.3 Å². The number of rotatable bonds is 14. The third kappa shape index (κ3) is 14.1. The lowest BCUT2D eigenvalue weighted by atomic mass is 10.0. The van der Waals surface area contributed by atoms with Crippen molar-refractivity contribution in [2.24, 2.45) is 0 Å². The first-order valence-corrected chi connectivity index (χ1v) is 34.1. The highest BCUT2D eigenvalue weighted by Gasteiger charge is 2.18. The molecule has 0 N–H and O–H groups in total. The SMILES string of the molecule is Cc1cc(C)nc(-c2ccc(-c3ccc(-c4nc(-c5ccc(-c6ccccc6)cc5)nc(-c5ccc(-c6ccccc6)cc5)n4)cc3)cc2)n1.c1ccc(-c2ccc(-c3nc(-c4ccc(-c5ccccc5)cc4)nc(-c4ccc(-c5cc6ccccc6c(-c6ccccc6)n5)cc4)n3)cc2)cc1. The molecular weight excluding hydrogens is 1240 g/mol. The van der Waals surface area contributed by atoms with Gasteiger partial charge in [0.2, 0.25) is 0 Å². The number of hydrogen-bond acceptors (Lipinski definition) is 9. The van der Waals surface area contributed by atoms with Crippen LogP contribution in [0.4, 0.5) is 0 Å². The number of fused-ring (bicyclic) bond motifs is 1. The Balaban J connectivity index is 0.000000158. The predicted octanol–water partition coefficient (Wildman–Crippen LogP) is 23.0. The van der Waals surface area contributed by atoms with Crippen LogP contribution >= 0.6 is 0 Å². The second kappa shape index (κ2) is 28.8. The molecule has 17 rings (SSSR count). The maximum atomic E-state index is 5.17. The molecule has 0 aliphatic rings. The van der Waals surface area contributed by atoms with Crippen molar-refractivity contribution in [1.29, 1.82) is 0 Å². The zero-order valence-corrected chi connectivity index (χ0v) is 56.1. The third-order valence-corrected chi connectivity index (χ3v) is 18.1. The quantitative estimate of drug-likeness (QED) is 0.105. The monoisotopic (exact) mass is 1310 g/mol. The molecule has 0 radical (unpaired) electrons. The summed E-state index contributed by atoms with van der Waals surface area (Å²) in [5.74, 6) is 4.49. The molecule has 0 aliphatic carbocycles. The van der Waals surface area contributed by atoms with Gasteiger partial charge < -0.3 is 0 Å². The van der Waals surface area contributed by atoms with Crippen LogP contribution in [-0.4, -0.2) is 44.9 Å². The van der Waals surface area contributed by atoms with Crippen molar-refractivity contribution in [1.82, 2.24) is 44.9 Å². The largest absolute Gasteiger partial charge is 0.247 e. The van der Waals surface area contributed by atoms with Gasteiger partial charge in [0.1, 0.15) is 0 Å². The van der Waals surface area contributed by atoms with E-state index in [1.807, 2.05) is 50.2 Å². The highest BCUT2D eigenvalue weighted by atomic mass is 15.0. The Hall–Kier alpha value is -13.6. The molecule has 102 heavy (non-hydrogen) atoms. The number of aromatic nitrogens is 9. The van der Waals surface area contributed by atoms with E-state index >= 15 is 0 Å². The summed E-state index contributed by atoms with van der Waals surface area (Å²) in [6.45, 7) is 3.99. The fourth-order valence-electron chi connectivity index (χ4n) is 12.7. The van der Waals surface area contributed by atoms with Gasteiger partial charge in [-0.25, -0.2) is 44.9 Å². The Morgan fingerprint density at radius 2 is 0.363 bits per heavy atom. The van der Waals surface area contributed by atoms with Gasteiger partial charge in [0.05, 0.1) is 11.4 Å². The third-order valence-electron chi connectivity index (χ3n) is 18.1. The molecule has 0 unspecified atom stereocenters. The molecule has 4 aromatic heterocycles. The maximum absolute atomic E-state index is 5.17. The van der Waals surface area contributed by atoms with Crippen LogP contribution in [-0.2, 0) is 0 Å². The van der Waals surface area contributed by atoms with Crippen molar-refractivity contribution in [3.8, 4) is 158 Å². The van der Waals surface area contributed by atoms with Gasteiger partial charge >= 0.3 is 0 Å². The van der Waals surface area contributed by atoms with E-state index in [2.05, 4.69) is 331 Å². The Labute approximate surface area is 593 Å². The first-order chi connectivity index (χ1) is 50.3. The molecule has 0 bridgehead atoms. The van der Waals surface area contributed by atoms with Crippen molar-refractivity contribution >= 4 is 10.8 Å². The van der Waals surface area contributed by atoms with Gasteiger partial charge in [0.25, 0.3) is 0 Å². The van der Waals surface area contributed by atoms with E-state index in [0.29, 0.717) is 34.9 Å². The molecule has 9 heteroatoms. The first-order valence-electron chi connectivity index (χ1n) is 34.1. The minimum Gasteiger partial charge on any atom is -0.247 e. The van der Waals surface area contributed by atoms with Crippen molar-refractivity contribution < 1.29 is 0 Å². The molecule has 17 aromatic rings. The molecule has 9 nitrogen and oxygen atoms in total. The lowest BCUT2D eigenvalue weighted by Gasteiger charge is -2.12. The Bertz CT molecular complexity index is 5510. The number of aryl methyl sites for hydroxylation is 2. The summed E-state index contributed by atoms with van der Waals surface area (Å²) in [7, 11) is 0. The number of nitrogens with zero attached hydrogens (tertiary/aromatic N) is 9. The van der Waals surface area contributed by atoms with Crippen LogP contribution in [0.15, 0.2) is 358 Å². The molecule has 0 amide bonds. The second-order valence-corrected chi connectivity index (χ2v) is 25.0. The summed E-state index contributed by atoms with van der Waals surface area (Å²) >= 11 is 0. The molecule has 0 saturated heterocycles. The molecule has 0 aliphatic heterocycles. The van der Waals surface area contributed by atoms with Crippen LogP contribution in [0.5, 0.6) is 0 Å². The lowest BCUT2D eigenvalue weighted by Crippen LogP contribution is -2.00. The van der Waals surface area contributed by atoms with E-state index < -0.39 is 0 Å². The Kier molecular flexibility index (Phi) is 17.8. The van der Waals surface area contributed by atoms with Crippen LogP contribution in [0.25, 0.3) is 169 Å². The first kappa shape index (κ1) is 63.1. The summed E-state index contributed by atoms with van der Waals surface area (Å²) in [4.78, 5) is 44.4. The summed E-state index contributed by atoms with van der Waals surface area (Å²) in [6, 6.07) is 123. The average molecular weight is 1310 g/mol. The van der Waals surface area contributed by atoms with Crippen molar-refractivity contribution in [2.45, 2.75) is 13.8 Å².